The van der Waals surface area contributed by atoms with E-state index in [0.29, 0.717) is 5.92 Å². The van der Waals surface area contributed by atoms with E-state index >= 15 is 0 Å². The molecule has 4 nitrogen and oxygen atoms in total. The molecule has 0 aliphatic carbocycles. The zero-order chi connectivity index (χ0) is 13.9. The first-order chi connectivity index (χ1) is 9.74. The molecule has 1 unspecified atom stereocenters. The Hall–Kier alpha value is -1.29. The van der Waals surface area contributed by atoms with Crippen LogP contribution in [0.25, 0.3) is 0 Å². The summed E-state index contributed by atoms with van der Waals surface area (Å²) in [6.45, 7) is 5.53. The number of carbonyl (C=O) groups excluding carboxylic acids is 1. The second-order valence-electron chi connectivity index (χ2n) is 6.27. The van der Waals surface area contributed by atoms with Crippen LogP contribution in [-0.2, 0) is 7.05 Å². The third kappa shape index (κ3) is 2.90. The van der Waals surface area contributed by atoms with E-state index in [-0.39, 0.29) is 5.91 Å². The molecule has 2 aliphatic rings. The zero-order valence-electron chi connectivity index (χ0n) is 12.4. The molecule has 20 heavy (non-hydrogen) atoms. The second kappa shape index (κ2) is 6.00. The SMILES string of the molecule is Cn1cccc1C(=O)N1CCCC(CN2CCCC2)C1. The van der Waals surface area contributed by atoms with Gasteiger partial charge >= 0.3 is 0 Å². The lowest BCUT2D eigenvalue weighted by Gasteiger charge is -2.34. The van der Waals surface area contributed by atoms with Gasteiger partial charge in [-0.25, -0.2) is 0 Å². The highest BCUT2D eigenvalue weighted by Gasteiger charge is 2.27. The van der Waals surface area contributed by atoms with E-state index in [0.717, 1.165) is 25.2 Å². The topological polar surface area (TPSA) is 28.5 Å². The van der Waals surface area contributed by atoms with Gasteiger partial charge in [0.25, 0.3) is 5.91 Å². The first kappa shape index (κ1) is 13.7. The van der Waals surface area contributed by atoms with Crippen molar-refractivity contribution in [3.8, 4) is 0 Å². The molecule has 0 spiro atoms. The highest BCUT2D eigenvalue weighted by atomic mass is 16.2. The zero-order valence-corrected chi connectivity index (χ0v) is 12.4. The summed E-state index contributed by atoms with van der Waals surface area (Å²) < 4.78 is 1.92. The summed E-state index contributed by atoms with van der Waals surface area (Å²) >= 11 is 0. The Bertz CT molecular complexity index is 462. The number of carbonyl (C=O) groups is 1. The van der Waals surface area contributed by atoms with Gasteiger partial charge in [0.2, 0.25) is 0 Å². The van der Waals surface area contributed by atoms with Gasteiger partial charge in [-0.1, -0.05) is 0 Å². The Morgan fingerprint density at radius 1 is 1.25 bits per heavy atom. The summed E-state index contributed by atoms with van der Waals surface area (Å²) in [5.74, 6) is 0.856. The molecule has 0 aromatic carbocycles. The van der Waals surface area contributed by atoms with Crippen molar-refractivity contribution in [1.29, 1.82) is 0 Å². The van der Waals surface area contributed by atoms with E-state index < -0.39 is 0 Å². The maximum absolute atomic E-state index is 12.6. The highest BCUT2D eigenvalue weighted by molar-refractivity contribution is 5.92. The van der Waals surface area contributed by atoms with E-state index in [2.05, 4.69) is 9.80 Å². The molecule has 0 radical (unpaired) electrons. The molecule has 1 aromatic heterocycles. The van der Waals surface area contributed by atoms with Gasteiger partial charge < -0.3 is 14.4 Å². The monoisotopic (exact) mass is 275 g/mol. The molecule has 0 bridgehead atoms. The Labute approximate surface area is 121 Å². The van der Waals surface area contributed by atoms with Crippen molar-refractivity contribution in [1.82, 2.24) is 14.4 Å². The lowest BCUT2D eigenvalue weighted by molar-refractivity contribution is 0.0638. The van der Waals surface area contributed by atoms with Gasteiger partial charge in [0, 0.05) is 32.9 Å². The predicted molar refractivity (Wildman–Crippen MR) is 79.7 cm³/mol. The summed E-state index contributed by atoms with van der Waals surface area (Å²) in [4.78, 5) is 17.2. The molecule has 4 heteroatoms. The Kier molecular flexibility index (Phi) is 4.10. The Morgan fingerprint density at radius 2 is 2.05 bits per heavy atom. The third-order valence-electron chi connectivity index (χ3n) is 4.68. The molecule has 110 valence electrons. The van der Waals surface area contributed by atoms with Crippen LogP contribution >= 0.6 is 0 Å². The fraction of sp³-hybridized carbons (Fsp3) is 0.688. The molecule has 0 N–H and O–H groups in total. The highest BCUT2D eigenvalue weighted by Crippen LogP contribution is 2.21. The summed E-state index contributed by atoms with van der Waals surface area (Å²) in [5, 5.41) is 0. The van der Waals surface area contributed by atoms with Crippen molar-refractivity contribution in [3.05, 3.63) is 24.0 Å². The number of amides is 1. The molecule has 1 amide bonds. The summed E-state index contributed by atoms with van der Waals surface area (Å²) in [6, 6.07) is 3.87. The van der Waals surface area contributed by atoms with Crippen LogP contribution in [0.5, 0.6) is 0 Å². The molecule has 3 heterocycles. The number of aromatic nitrogens is 1. The fourth-order valence-corrected chi connectivity index (χ4v) is 3.57. The molecule has 2 aliphatic heterocycles. The Morgan fingerprint density at radius 3 is 2.75 bits per heavy atom. The Balaban J connectivity index is 1.60. The van der Waals surface area contributed by atoms with Crippen molar-refractivity contribution in [2.24, 2.45) is 13.0 Å². The van der Waals surface area contributed by atoms with Crippen LogP contribution in [0, 0.1) is 5.92 Å². The summed E-state index contributed by atoms with van der Waals surface area (Å²) in [5.41, 5.74) is 0.812. The smallest absolute Gasteiger partial charge is 0.270 e. The van der Waals surface area contributed by atoms with Crippen molar-refractivity contribution in [2.45, 2.75) is 25.7 Å². The van der Waals surface area contributed by atoms with Crippen LogP contribution in [0.4, 0.5) is 0 Å². The first-order valence-corrected chi connectivity index (χ1v) is 7.87. The van der Waals surface area contributed by atoms with Gasteiger partial charge in [0.1, 0.15) is 5.69 Å². The van der Waals surface area contributed by atoms with Crippen LogP contribution in [0.1, 0.15) is 36.2 Å². The standard InChI is InChI=1S/C16H25N3O/c1-17-8-5-7-15(17)16(20)19-11-4-6-14(13-19)12-18-9-2-3-10-18/h5,7-8,14H,2-4,6,9-13H2,1H3. The number of hydrogen-bond acceptors (Lipinski definition) is 2. The predicted octanol–water partition coefficient (Wildman–Crippen LogP) is 1.97. The van der Waals surface area contributed by atoms with Gasteiger partial charge in [0.05, 0.1) is 0 Å². The maximum atomic E-state index is 12.6. The van der Waals surface area contributed by atoms with Crippen LogP contribution < -0.4 is 0 Å². The number of hydrogen-bond donors (Lipinski definition) is 0. The lowest BCUT2D eigenvalue weighted by Crippen LogP contribution is -2.43. The molecular weight excluding hydrogens is 250 g/mol. The lowest BCUT2D eigenvalue weighted by atomic mass is 9.97. The second-order valence-corrected chi connectivity index (χ2v) is 6.27. The van der Waals surface area contributed by atoms with Gasteiger partial charge in [-0.2, -0.15) is 0 Å². The van der Waals surface area contributed by atoms with E-state index in [1.54, 1.807) is 0 Å². The van der Waals surface area contributed by atoms with Crippen LogP contribution in [0.2, 0.25) is 0 Å². The van der Waals surface area contributed by atoms with Gasteiger partial charge in [-0.3, -0.25) is 4.79 Å². The normalized spacial score (nSPS) is 24.2. The van der Waals surface area contributed by atoms with E-state index in [1.165, 1.54) is 38.9 Å². The van der Waals surface area contributed by atoms with Crippen molar-refractivity contribution in [2.75, 3.05) is 32.7 Å². The van der Waals surface area contributed by atoms with Crippen molar-refractivity contribution in [3.63, 3.8) is 0 Å². The number of nitrogens with zero attached hydrogens (tertiary/aromatic N) is 3. The van der Waals surface area contributed by atoms with Crippen molar-refractivity contribution >= 4 is 5.91 Å². The van der Waals surface area contributed by atoms with Crippen LogP contribution in [0.15, 0.2) is 18.3 Å². The molecular formula is C16H25N3O. The van der Waals surface area contributed by atoms with E-state index in [9.17, 15) is 4.79 Å². The number of likely N-dealkylation sites (tertiary alicyclic amines) is 2. The fourth-order valence-electron chi connectivity index (χ4n) is 3.57. The number of aryl methyl sites for hydroxylation is 1. The van der Waals surface area contributed by atoms with E-state index in [4.69, 9.17) is 0 Å². The van der Waals surface area contributed by atoms with Gasteiger partial charge in [-0.05, 0) is 56.8 Å². The molecule has 1 aromatic rings. The first-order valence-electron chi connectivity index (χ1n) is 7.87. The largest absolute Gasteiger partial charge is 0.347 e. The minimum Gasteiger partial charge on any atom is -0.347 e. The molecule has 2 saturated heterocycles. The average molecular weight is 275 g/mol. The molecule has 2 fully saturated rings. The van der Waals surface area contributed by atoms with Gasteiger partial charge in [-0.15, -0.1) is 0 Å². The van der Waals surface area contributed by atoms with Gasteiger partial charge in [0.15, 0.2) is 0 Å². The average Bonchev–Trinajstić information content (AvgIpc) is 3.10. The summed E-state index contributed by atoms with van der Waals surface area (Å²) in [6.07, 6.45) is 7.05. The molecule has 0 saturated carbocycles. The maximum Gasteiger partial charge on any atom is 0.270 e. The molecule has 1 atom stereocenters. The minimum atomic E-state index is 0.198. The van der Waals surface area contributed by atoms with Crippen LogP contribution in [0.3, 0.4) is 0 Å². The van der Waals surface area contributed by atoms with Crippen molar-refractivity contribution < 1.29 is 4.79 Å². The number of piperidine rings is 1. The van der Waals surface area contributed by atoms with E-state index in [1.807, 2.05) is 29.9 Å². The van der Waals surface area contributed by atoms with Crippen LogP contribution in [-0.4, -0.2) is 53.0 Å². The minimum absolute atomic E-state index is 0.198. The molecule has 3 rings (SSSR count). The summed E-state index contributed by atoms with van der Waals surface area (Å²) in [7, 11) is 1.94. The third-order valence-corrected chi connectivity index (χ3v) is 4.68. The quantitative estimate of drug-likeness (QED) is 0.844. The number of rotatable bonds is 3.